The van der Waals surface area contributed by atoms with Gasteiger partial charge < -0.3 is 5.32 Å². The largest absolute Gasteiger partial charge is 0.345 e. The van der Waals surface area contributed by atoms with Crippen LogP contribution in [0.5, 0.6) is 0 Å². The van der Waals surface area contributed by atoms with Crippen molar-refractivity contribution in [2.45, 2.75) is 26.3 Å². The number of aromatic amines is 1. The predicted octanol–water partition coefficient (Wildman–Crippen LogP) is 0.919. The van der Waals surface area contributed by atoms with Crippen molar-refractivity contribution in [1.29, 1.82) is 0 Å². The van der Waals surface area contributed by atoms with Crippen LogP contribution in [0.15, 0.2) is 0 Å². The van der Waals surface area contributed by atoms with Crippen molar-refractivity contribution in [3.8, 4) is 0 Å². The average molecular weight is 217 g/mol. The zero-order chi connectivity index (χ0) is 10.6. The van der Waals surface area contributed by atoms with E-state index in [1.54, 1.807) is 0 Å². The van der Waals surface area contributed by atoms with Gasteiger partial charge in [0.1, 0.15) is 11.7 Å². The van der Waals surface area contributed by atoms with Gasteiger partial charge in [-0.25, -0.2) is 4.98 Å². The number of carbonyl (C=O) groups is 1. The standard InChI is InChI=1S/C8H13ClN4O/c1-3-6(11-7(14)4-9)8-10-5(2)12-13-8/h6H,3-4H2,1-2H3,(H,11,14)(H,10,12,13)/t6-/m0/s1. The fourth-order valence-corrected chi connectivity index (χ4v) is 1.18. The van der Waals surface area contributed by atoms with Crippen molar-refractivity contribution in [1.82, 2.24) is 20.5 Å². The van der Waals surface area contributed by atoms with Crippen LogP contribution in [-0.2, 0) is 4.79 Å². The first-order valence-electron chi connectivity index (χ1n) is 4.41. The number of amides is 1. The molecule has 1 rings (SSSR count). The highest BCUT2D eigenvalue weighted by Gasteiger charge is 2.15. The summed E-state index contributed by atoms with van der Waals surface area (Å²) in [6, 6.07) is -0.161. The second-order valence-electron chi connectivity index (χ2n) is 2.94. The van der Waals surface area contributed by atoms with Gasteiger partial charge in [0.15, 0.2) is 5.82 Å². The molecule has 0 saturated heterocycles. The topological polar surface area (TPSA) is 70.7 Å². The van der Waals surface area contributed by atoms with E-state index in [1.807, 2.05) is 13.8 Å². The molecule has 6 heteroatoms. The van der Waals surface area contributed by atoms with E-state index >= 15 is 0 Å². The fraction of sp³-hybridized carbons (Fsp3) is 0.625. The number of hydrogen-bond donors (Lipinski definition) is 2. The highest BCUT2D eigenvalue weighted by Crippen LogP contribution is 2.11. The number of halogens is 1. The molecule has 1 aromatic rings. The molecule has 0 aliphatic carbocycles. The van der Waals surface area contributed by atoms with Crippen LogP contribution in [0, 0.1) is 6.92 Å². The van der Waals surface area contributed by atoms with Gasteiger partial charge in [0.05, 0.1) is 6.04 Å². The van der Waals surface area contributed by atoms with Crippen molar-refractivity contribution in [2.75, 3.05) is 5.88 Å². The van der Waals surface area contributed by atoms with E-state index in [0.29, 0.717) is 5.82 Å². The van der Waals surface area contributed by atoms with E-state index in [-0.39, 0.29) is 17.8 Å². The minimum absolute atomic E-state index is 0.0418. The molecular formula is C8H13ClN4O. The van der Waals surface area contributed by atoms with E-state index in [1.165, 1.54) is 0 Å². The molecule has 2 N–H and O–H groups in total. The van der Waals surface area contributed by atoms with Crippen molar-refractivity contribution in [2.24, 2.45) is 0 Å². The summed E-state index contributed by atoms with van der Waals surface area (Å²) in [6.45, 7) is 3.76. The maximum absolute atomic E-state index is 11.1. The maximum Gasteiger partial charge on any atom is 0.235 e. The molecule has 0 aliphatic rings. The number of H-pyrrole nitrogens is 1. The van der Waals surface area contributed by atoms with Gasteiger partial charge in [0.25, 0.3) is 0 Å². The SMILES string of the molecule is CC[C@H](NC(=O)CCl)c1n[nH]c(C)n1. The summed E-state index contributed by atoms with van der Waals surface area (Å²) in [6.07, 6.45) is 0.736. The number of nitrogens with one attached hydrogen (secondary N) is 2. The Morgan fingerprint density at radius 2 is 2.43 bits per heavy atom. The van der Waals surface area contributed by atoms with Crippen molar-refractivity contribution < 1.29 is 4.79 Å². The number of aryl methyl sites for hydroxylation is 1. The summed E-state index contributed by atoms with van der Waals surface area (Å²) in [7, 11) is 0. The Labute approximate surface area is 87.3 Å². The van der Waals surface area contributed by atoms with E-state index in [2.05, 4.69) is 20.5 Å². The van der Waals surface area contributed by atoms with Crippen LogP contribution in [0.3, 0.4) is 0 Å². The lowest BCUT2D eigenvalue weighted by Crippen LogP contribution is -2.29. The first-order valence-corrected chi connectivity index (χ1v) is 4.95. The van der Waals surface area contributed by atoms with E-state index in [4.69, 9.17) is 11.6 Å². The van der Waals surface area contributed by atoms with Crippen molar-refractivity contribution in [3.05, 3.63) is 11.6 Å². The molecule has 5 nitrogen and oxygen atoms in total. The molecule has 0 saturated carbocycles. The van der Waals surface area contributed by atoms with Gasteiger partial charge in [-0.1, -0.05) is 6.92 Å². The number of nitrogens with zero attached hydrogens (tertiary/aromatic N) is 2. The third kappa shape index (κ3) is 2.70. The van der Waals surface area contributed by atoms with Crippen LogP contribution in [0.1, 0.15) is 31.0 Å². The molecule has 1 atom stereocenters. The number of rotatable bonds is 4. The molecule has 0 fully saturated rings. The lowest BCUT2D eigenvalue weighted by atomic mass is 10.2. The molecule has 1 amide bonds. The Bertz CT molecular complexity index is 312. The molecule has 0 spiro atoms. The summed E-state index contributed by atoms with van der Waals surface area (Å²) in [5, 5.41) is 9.44. The molecule has 14 heavy (non-hydrogen) atoms. The summed E-state index contributed by atoms with van der Waals surface area (Å²) in [4.78, 5) is 15.2. The van der Waals surface area contributed by atoms with Gasteiger partial charge in [0.2, 0.25) is 5.91 Å². The quantitative estimate of drug-likeness (QED) is 0.736. The van der Waals surface area contributed by atoms with E-state index < -0.39 is 0 Å². The van der Waals surface area contributed by atoms with Crippen molar-refractivity contribution in [3.63, 3.8) is 0 Å². The molecule has 78 valence electrons. The van der Waals surface area contributed by atoms with Gasteiger partial charge in [-0.05, 0) is 13.3 Å². The number of alkyl halides is 1. The van der Waals surface area contributed by atoms with Crippen LogP contribution in [-0.4, -0.2) is 27.0 Å². The smallest absolute Gasteiger partial charge is 0.235 e. The lowest BCUT2D eigenvalue weighted by Gasteiger charge is -2.11. The molecule has 1 aromatic heterocycles. The Kier molecular flexibility index (Phi) is 3.88. The summed E-state index contributed by atoms with van der Waals surface area (Å²) >= 11 is 5.39. The van der Waals surface area contributed by atoms with Crippen LogP contribution in [0.2, 0.25) is 0 Å². The Hall–Kier alpha value is -1.10. The Morgan fingerprint density at radius 1 is 1.71 bits per heavy atom. The average Bonchev–Trinajstić information content (AvgIpc) is 2.60. The lowest BCUT2D eigenvalue weighted by molar-refractivity contribution is -0.119. The van der Waals surface area contributed by atoms with Crippen LogP contribution in [0.25, 0.3) is 0 Å². The third-order valence-electron chi connectivity index (χ3n) is 1.79. The first-order chi connectivity index (χ1) is 6.67. The molecule has 0 aromatic carbocycles. The van der Waals surface area contributed by atoms with Gasteiger partial charge in [-0.15, -0.1) is 11.6 Å². The number of carbonyl (C=O) groups excluding carboxylic acids is 1. The summed E-state index contributed by atoms with van der Waals surface area (Å²) < 4.78 is 0. The second-order valence-corrected chi connectivity index (χ2v) is 3.21. The van der Waals surface area contributed by atoms with Gasteiger partial charge in [0, 0.05) is 0 Å². The fourth-order valence-electron chi connectivity index (χ4n) is 1.10. The third-order valence-corrected chi connectivity index (χ3v) is 2.03. The summed E-state index contributed by atoms with van der Waals surface area (Å²) in [5.41, 5.74) is 0. The molecule has 0 bridgehead atoms. The first kappa shape index (κ1) is 11.0. The number of aromatic nitrogens is 3. The maximum atomic E-state index is 11.1. The molecule has 1 heterocycles. The molecule has 0 unspecified atom stereocenters. The van der Waals surface area contributed by atoms with Crippen molar-refractivity contribution >= 4 is 17.5 Å². The Morgan fingerprint density at radius 3 is 2.86 bits per heavy atom. The van der Waals surface area contributed by atoms with Crippen LogP contribution >= 0.6 is 11.6 Å². The predicted molar refractivity (Wildman–Crippen MR) is 53.0 cm³/mol. The van der Waals surface area contributed by atoms with E-state index in [0.717, 1.165) is 12.2 Å². The van der Waals surface area contributed by atoms with Crippen LogP contribution < -0.4 is 5.32 Å². The minimum atomic E-state index is -0.207. The molecular weight excluding hydrogens is 204 g/mol. The zero-order valence-electron chi connectivity index (χ0n) is 8.17. The second kappa shape index (κ2) is 4.95. The van der Waals surface area contributed by atoms with Gasteiger partial charge >= 0.3 is 0 Å². The zero-order valence-corrected chi connectivity index (χ0v) is 8.93. The van der Waals surface area contributed by atoms with E-state index in [9.17, 15) is 4.79 Å². The highest BCUT2D eigenvalue weighted by atomic mass is 35.5. The molecule has 0 aliphatic heterocycles. The highest BCUT2D eigenvalue weighted by molar-refractivity contribution is 6.27. The normalized spacial score (nSPS) is 12.5. The summed E-state index contributed by atoms with van der Waals surface area (Å²) in [5.74, 6) is 1.09. The Balaban J connectivity index is 2.67. The monoisotopic (exact) mass is 216 g/mol. The van der Waals surface area contributed by atoms with Crippen LogP contribution in [0.4, 0.5) is 0 Å². The molecule has 0 radical (unpaired) electrons. The number of hydrogen-bond acceptors (Lipinski definition) is 3. The minimum Gasteiger partial charge on any atom is -0.345 e. The van der Waals surface area contributed by atoms with Gasteiger partial charge in [-0.2, -0.15) is 5.10 Å². The van der Waals surface area contributed by atoms with Gasteiger partial charge in [-0.3, -0.25) is 9.89 Å².